The van der Waals surface area contributed by atoms with E-state index in [0.717, 1.165) is 17.6 Å². The van der Waals surface area contributed by atoms with Crippen LogP contribution in [-0.2, 0) is 21.7 Å². The number of aromatic nitrogens is 3. The van der Waals surface area contributed by atoms with Gasteiger partial charge in [0.15, 0.2) is 20.8 Å². The molecule has 1 N–H and O–H groups in total. The largest absolute Gasteiger partial charge is 0.469 e. The number of carbonyl (C=O) groups is 1. The lowest BCUT2D eigenvalue weighted by molar-refractivity contribution is -0.113. The number of nitrogens with one attached hydrogen (secondary N) is 1. The van der Waals surface area contributed by atoms with Gasteiger partial charge in [-0.1, -0.05) is 23.9 Å². The number of hydrogen-bond donors (Lipinski definition) is 1. The van der Waals surface area contributed by atoms with Crippen molar-refractivity contribution >= 4 is 33.2 Å². The van der Waals surface area contributed by atoms with Gasteiger partial charge in [0.2, 0.25) is 5.91 Å². The second-order valence-electron chi connectivity index (χ2n) is 5.86. The Morgan fingerprint density at radius 1 is 1.26 bits per heavy atom. The van der Waals surface area contributed by atoms with E-state index in [4.69, 9.17) is 4.42 Å². The van der Waals surface area contributed by atoms with Crippen molar-refractivity contribution in [3.05, 3.63) is 42.4 Å². The molecule has 2 aromatic heterocycles. The summed E-state index contributed by atoms with van der Waals surface area (Å²) in [6.07, 6.45) is 2.69. The van der Waals surface area contributed by atoms with Gasteiger partial charge in [0.05, 0.1) is 28.2 Å². The lowest BCUT2D eigenvalue weighted by atomic mass is 10.2. The Balaban J connectivity index is 1.69. The Morgan fingerprint density at radius 2 is 2.00 bits per heavy atom. The van der Waals surface area contributed by atoms with Gasteiger partial charge in [0.25, 0.3) is 0 Å². The second-order valence-corrected chi connectivity index (χ2v) is 8.79. The number of para-hydroxylation sites is 1. The Kier molecular flexibility index (Phi) is 5.38. The van der Waals surface area contributed by atoms with Gasteiger partial charge < -0.3 is 14.3 Å². The van der Waals surface area contributed by atoms with Crippen LogP contribution in [0.5, 0.6) is 0 Å². The fourth-order valence-corrected chi connectivity index (χ4v) is 4.06. The SMILES string of the molecule is Cc1occc1-c1nnc(SCC(=O)Nc2ccccc2S(C)(=O)=O)n1C. The van der Waals surface area contributed by atoms with Gasteiger partial charge in [-0.3, -0.25) is 4.79 Å². The van der Waals surface area contributed by atoms with Crippen LogP contribution in [0.4, 0.5) is 5.69 Å². The second kappa shape index (κ2) is 7.57. The van der Waals surface area contributed by atoms with Crippen LogP contribution in [0.2, 0.25) is 0 Å². The normalized spacial score (nSPS) is 11.5. The van der Waals surface area contributed by atoms with Gasteiger partial charge in [-0.15, -0.1) is 10.2 Å². The summed E-state index contributed by atoms with van der Waals surface area (Å²) in [4.78, 5) is 12.3. The first-order valence-corrected chi connectivity index (χ1v) is 10.8. The molecule has 0 spiro atoms. The van der Waals surface area contributed by atoms with E-state index >= 15 is 0 Å². The Bertz CT molecular complexity index is 1090. The van der Waals surface area contributed by atoms with Crippen LogP contribution in [0, 0.1) is 6.92 Å². The maximum atomic E-state index is 12.3. The molecule has 142 valence electrons. The Labute approximate surface area is 160 Å². The molecule has 3 rings (SSSR count). The summed E-state index contributed by atoms with van der Waals surface area (Å²) in [5.74, 6) is 1.11. The highest BCUT2D eigenvalue weighted by Crippen LogP contribution is 2.26. The summed E-state index contributed by atoms with van der Waals surface area (Å²) in [6, 6.07) is 8.10. The number of thioether (sulfide) groups is 1. The molecule has 0 fully saturated rings. The standard InChI is InChI=1S/C17H18N4O4S2/c1-11-12(8-9-25-11)16-19-20-17(21(16)2)26-10-15(22)18-13-6-4-5-7-14(13)27(3,23)24/h4-9H,10H2,1-3H3,(H,18,22). The molecule has 0 saturated carbocycles. The smallest absolute Gasteiger partial charge is 0.234 e. The van der Waals surface area contributed by atoms with Gasteiger partial charge in [-0.05, 0) is 25.1 Å². The molecule has 1 aromatic carbocycles. The van der Waals surface area contributed by atoms with Crippen molar-refractivity contribution in [2.75, 3.05) is 17.3 Å². The predicted molar refractivity (Wildman–Crippen MR) is 102 cm³/mol. The predicted octanol–water partition coefficient (Wildman–Crippen LogP) is 2.52. The van der Waals surface area contributed by atoms with Crippen molar-refractivity contribution in [2.45, 2.75) is 17.0 Å². The number of hydrogen-bond acceptors (Lipinski definition) is 7. The zero-order valence-corrected chi connectivity index (χ0v) is 16.6. The number of furan rings is 1. The summed E-state index contributed by atoms with van der Waals surface area (Å²) in [5.41, 5.74) is 1.10. The monoisotopic (exact) mass is 406 g/mol. The molecule has 0 aliphatic carbocycles. The molecule has 0 aliphatic heterocycles. The average molecular weight is 406 g/mol. The number of rotatable bonds is 6. The van der Waals surface area contributed by atoms with Crippen molar-refractivity contribution in [3.8, 4) is 11.4 Å². The van der Waals surface area contributed by atoms with E-state index in [2.05, 4.69) is 15.5 Å². The van der Waals surface area contributed by atoms with Crippen LogP contribution in [0.3, 0.4) is 0 Å². The van der Waals surface area contributed by atoms with Crippen LogP contribution in [-0.4, -0.2) is 41.1 Å². The maximum absolute atomic E-state index is 12.3. The van der Waals surface area contributed by atoms with Crippen molar-refractivity contribution < 1.29 is 17.6 Å². The minimum atomic E-state index is -3.44. The van der Waals surface area contributed by atoms with E-state index in [1.165, 1.54) is 17.8 Å². The van der Waals surface area contributed by atoms with Crippen LogP contribution < -0.4 is 5.32 Å². The molecule has 0 unspecified atom stereocenters. The Morgan fingerprint density at radius 3 is 2.67 bits per heavy atom. The zero-order chi connectivity index (χ0) is 19.6. The quantitative estimate of drug-likeness (QED) is 0.627. The highest BCUT2D eigenvalue weighted by Gasteiger charge is 2.17. The van der Waals surface area contributed by atoms with Gasteiger partial charge >= 0.3 is 0 Å². The highest BCUT2D eigenvalue weighted by atomic mass is 32.2. The number of amides is 1. The van der Waals surface area contributed by atoms with Crippen LogP contribution in [0.1, 0.15) is 5.76 Å². The molecular formula is C17H18N4O4S2. The third-order valence-corrected chi connectivity index (χ3v) is 6.00. The number of anilines is 1. The molecule has 0 bridgehead atoms. The molecule has 3 aromatic rings. The van der Waals surface area contributed by atoms with E-state index in [0.29, 0.717) is 11.0 Å². The summed E-state index contributed by atoms with van der Waals surface area (Å²) < 4.78 is 30.7. The van der Waals surface area contributed by atoms with Gasteiger partial charge in [-0.2, -0.15) is 0 Å². The first kappa shape index (κ1) is 19.2. The van der Waals surface area contributed by atoms with Gasteiger partial charge in [0.1, 0.15) is 5.76 Å². The minimum Gasteiger partial charge on any atom is -0.469 e. The molecule has 0 radical (unpaired) electrons. The third kappa shape index (κ3) is 4.22. The summed E-state index contributed by atoms with van der Waals surface area (Å²) in [6.45, 7) is 1.84. The number of nitrogens with zero attached hydrogens (tertiary/aromatic N) is 3. The van der Waals surface area contributed by atoms with Crippen molar-refractivity contribution in [1.29, 1.82) is 0 Å². The number of sulfone groups is 1. The molecular weight excluding hydrogens is 388 g/mol. The third-order valence-electron chi connectivity index (χ3n) is 3.83. The first-order valence-electron chi connectivity index (χ1n) is 7.93. The molecule has 10 heteroatoms. The van der Waals surface area contributed by atoms with Crippen LogP contribution in [0.25, 0.3) is 11.4 Å². The molecule has 27 heavy (non-hydrogen) atoms. The van der Waals surface area contributed by atoms with E-state index < -0.39 is 9.84 Å². The summed E-state index contributed by atoms with van der Waals surface area (Å²) in [7, 11) is -1.63. The van der Waals surface area contributed by atoms with Gasteiger partial charge in [-0.25, -0.2) is 8.42 Å². The molecule has 1 amide bonds. The van der Waals surface area contributed by atoms with E-state index in [1.54, 1.807) is 36.1 Å². The lowest BCUT2D eigenvalue weighted by Gasteiger charge is -2.09. The van der Waals surface area contributed by atoms with Gasteiger partial charge in [0, 0.05) is 13.3 Å². The van der Waals surface area contributed by atoms with Crippen LogP contribution >= 0.6 is 11.8 Å². The molecule has 2 heterocycles. The molecule has 0 saturated heterocycles. The fourth-order valence-electron chi connectivity index (χ4n) is 2.50. The highest BCUT2D eigenvalue weighted by molar-refractivity contribution is 7.99. The van der Waals surface area contributed by atoms with Crippen molar-refractivity contribution in [2.24, 2.45) is 7.05 Å². The maximum Gasteiger partial charge on any atom is 0.234 e. The first-order chi connectivity index (χ1) is 12.8. The van der Waals surface area contributed by atoms with Crippen molar-refractivity contribution in [3.63, 3.8) is 0 Å². The Hall–Kier alpha value is -2.59. The zero-order valence-electron chi connectivity index (χ0n) is 15.0. The molecule has 0 atom stereocenters. The summed E-state index contributed by atoms with van der Waals surface area (Å²) in [5, 5.41) is 11.5. The van der Waals surface area contributed by atoms with Crippen LogP contribution in [0.15, 0.2) is 51.1 Å². The van der Waals surface area contributed by atoms with E-state index in [1.807, 2.05) is 13.0 Å². The number of benzene rings is 1. The lowest BCUT2D eigenvalue weighted by Crippen LogP contribution is -2.16. The topological polar surface area (TPSA) is 107 Å². The van der Waals surface area contributed by atoms with E-state index in [9.17, 15) is 13.2 Å². The fraction of sp³-hybridized carbons (Fsp3) is 0.235. The molecule has 0 aliphatic rings. The van der Waals surface area contributed by atoms with Crippen molar-refractivity contribution in [1.82, 2.24) is 14.8 Å². The van der Waals surface area contributed by atoms with E-state index in [-0.39, 0.29) is 22.2 Å². The number of aryl methyl sites for hydroxylation is 1. The minimum absolute atomic E-state index is 0.0639. The molecule has 8 nitrogen and oxygen atoms in total. The number of carbonyl (C=O) groups excluding carboxylic acids is 1. The average Bonchev–Trinajstić information content (AvgIpc) is 3.18. The summed E-state index contributed by atoms with van der Waals surface area (Å²) >= 11 is 1.21.